The van der Waals surface area contributed by atoms with E-state index in [4.69, 9.17) is 25.8 Å². The molecule has 4 N–H and O–H groups in total. The molecule has 0 radical (unpaired) electrons. The number of amides is 2. The highest BCUT2D eigenvalue weighted by Crippen LogP contribution is 2.39. The van der Waals surface area contributed by atoms with Gasteiger partial charge >= 0.3 is 6.03 Å². The smallest absolute Gasteiger partial charge is 0.319 e. The molecule has 218 valence electrons. The first kappa shape index (κ1) is 28.7. The average molecular weight is 591 g/mol. The van der Waals surface area contributed by atoms with Crippen molar-refractivity contribution >= 4 is 52.1 Å². The third-order valence-corrected chi connectivity index (χ3v) is 6.68. The first-order chi connectivity index (χ1) is 20.5. The third kappa shape index (κ3) is 7.09. The fraction of sp³-hybridized carbons (Fsp3) is 0.241. The molecule has 0 spiro atoms. The Bertz CT molecular complexity index is 1520. The van der Waals surface area contributed by atoms with Crippen molar-refractivity contribution in [2.45, 2.75) is 6.54 Å². The Morgan fingerprint density at radius 3 is 2.57 bits per heavy atom. The van der Waals surface area contributed by atoms with Crippen LogP contribution in [0.3, 0.4) is 0 Å². The van der Waals surface area contributed by atoms with Gasteiger partial charge in [0.2, 0.25) is 5.95 Å². The molecule has 1 aliphatic rings. The number of hydrogen-bond acceptors (Lipinski definition) is 10. The van der Waals surface area contributed by atoms with E-state index in [-0.39, 0.29) is 6.03 Å². The zero-order valence-electron chi connectivity index (χ0n) is 23.2. The average Bonchev–Trinajstić information content (AvgIpc) is 3.03. The van der Waals surface area contributed by atoms with Crippen LogP contribution >= 0.6 is 11.6 Å². The van der Waals surface area contributed by atoms with Crippen molar-refractivity contribution in [2.24, 2.45) is 0 Å². The van der Waals surface area contributed by atoms with Gasteiger partial charge in [-0.3, -0.25) is 4.98 Å². The van der Waals surface area contributed by atoms with Gasteiger partial charge in [-0.25, -0.2) is 9.78 Å². The maximum Gasteiger partial charge on any atom is 0.319 e. The first-order valence-corrected chi connectivity index (χ1v) is 13.6. The van der Waals surface area contributed by atoms with Gasteiger partial charge < -0.3 is 40.4 Å². The van der Waals surface area contributed by atoms with E-state index < -0.39 is 0 Å². The fourth-order valence-corrected chi connectivity index (χ4v) is 4.52. The highest BCUT2D eigenvalue weighted by molar-refractivity contribution is 6.33. The predicted octanol–water partition coefficient (Wildman–Crippen LogP) is 5.19. The van der Waals surface area contributed by atoms with E-state index in [1.165, 1.54) is 13.3 Å². The van der Waals surface area contributed by atoms with Gasteiger partial charge in [0.05, 0.1) is 57.2 Å². The number of rotatable bonds is 10. The van der Waals surface area contributed by atoms with E-state index in [0.29, 0.717) is 53.7 Å². The van der Waals surface area contributed by atoms with Gasteiger partial charge in [-0.05, 0) is 36.4 Å². The first-order valence-electron chi connectivity index (χ1n) is 13.2. The molecule has 0 saturated carbocycles. The minimum atomic E-state index is -0.367. The van der Waals surface area contributed by atoms with Crippen LogP contribution in [-0.4, -0.2) is 61.5 Å². The molecule has 42 heavy (non-hydrogen) atoms. The van der Waals surface area contributed by atoms with Gasteiger partial charge in [0, 0.05) is 31.0 Å². The van der Waals surface area contributed by atoms with Gasteiger partial charge in [0.15, 0.2) is 5.82 Å². The second-order valence-electron chi connectivity index (χ2n) is 9.14. The summed E-state index contributed by atoms with van der Waals surface area (Å²) in [6, 6.07) is 16.1. The number of para-hydroxylation sites is 1. The molecule has 0 atom stereocenters. The summed E-state index contributed by atoms with van der Waals surface area (Å²) in [5.74, 6) is 1.92. The van der Waals surface area contributed by atoms with Crippen molar-refractivity contribution in [3.8, 4) is 11.5 Å². The van der Waals surface area contributed by atoms with E-state index in [2.05, 4.69) is 41.1 Å². The SMILES string of the molecule is COc1cc(NC(=O)NCc2ccccn2)ccc1Nc1ncc(Cl)c(Nc2cccc(OC)c2N2CCOCC2)n1. The standard InChI is InChI=1S/C29H31ClN8O4/c1-40-24-8-5-7-23(26(24)38-12-14-42-15-13-38)35-27-21(30)18-32-28(37-27)36-22-10-9-19(16-25(22)41-2)34-29(39)33-17-20-6-3-4-11-31-20/h3-11,16,18H,12-15,17H2,1-2H3,(H2,33,34,39)(H2,32,35,36,37). The molecule has 0 unspecified atom stereocenters. The van der Waals surface area contributed by atoms with E-state index in [0.717, 1.165) is 35.9 Å². The Hall–Kier alpha value is -4.81. The van der Waals surface area contributed by atoms with Crippen molar-refractivity contribution < 1.29 is 19.0 Å². The van der Waals surface area contributed by atoms with Crippen molar-refractivity contribution in [1.82, 2.24) is 20.3 Å². The quantitative estimate of drug-likeness (QED) is 0.195. The molecular weight excluding hydrogens is 560 g/mol. The number of anilines is 6. The number of nitrogens with zero attached hydrogens (tertiary/aromatic N) is 4. The van der Waals surface area contributed by atoms with Gasteiger partial charge in [0.25, 0.3) is 0 Å². The molecule has 12 nitrogen and oxygen atoms in total. The molecule has 2 aromatic heterocycles. The number of pyridine rings is 1. The van der Waals surface area contributed by atoms with E-state index >= 15 is 0 Å². The summed E-state index contributed by atoms with van der Waals surface area (Å²) < 4.78 is 16.7. The zero-order chi connectivity index (χ0) is 29.3. The second kappa shape index (κ2) is 13.7. The largest absolute Gasteiger partial charge is 0.495 e. The number of urea groups is 1. The summed E-state index contributed by atoms with van der Waals surface area (Å²) in [4.78, 5) is 27.7. The molecule has 1 saturated heterocycles. The maximum absolute atomic E-state index is 12.4. The monoisotopic (exact) mass is 590 g/mol. The lowest BCUT2D eigenvalue weighted by atomic mass is 10.2. The lowest BCUT2D eigenvalue weighted by molar-refractivity contribution is 0.122. The molecule has 13 heteroatoms. The van der Waals surface area contributed by atoms with Gasteiger partial charge in [0.1, 0.15) is 22.2 Å². The Kier molecular flexibility index (Phi) is 9.37. The van der Waals surface area contributed by atoms with Crippen molar-refractivity contribution in [3.63, 3.8) is 0 Å². The molecule has 0 aliphatic carbocycles. The number of hydrogen-bond donors (Lipinski definition) is 4. The number of benzene rings is 2. The lowest BCUT2D eigenvalue weighted by Gasteiger charge is -2.31. The molecule has 2 amide bonds. The minimum absolute atomic E-state index is 0.296. The normalized spacial score (nSPS) is 12.8. The lowest BCUT2D eigenvalue weighted by Crippen LogP contribution is -2.36. The summed E-state index contributed by atoms with van der Waals surface area (Å²) in [5, 5.41) is 12.4. The van der Waals surface area contributed by atoms with Crippen LogP contribution in [0.25, 0.3) is 0 Å². The van der Waals surface area contributed by atoms with Crippen LogP contribution in [0.5, 0.6) is 11.5 Å². The number of nitrogens with one attached hydrogen (secondary N) is 4. The summed E-state index contributed by atoms with van der Waals surface area (Å²) in [6.07, 6.45) is 3.19. The van der Waals surface area contributed by atoms with Crippen LogP contribution in [0.2, 0.25) is 5.02 Å². The highest BCUT2D eigenvalue weighted by Gasteiger charge is 2.20. The van der Waals surface area contributed by atoms with E-state index in [1.54, 1.807) is 31.5 Å². The van der Waals surface area contributed by atoms with E-state index in [1.807, 2.05) is 36.4 Å². The number of carbonyl (C=O) groups is 1. The molecular formula is C29H31ClN8O4. The van der Waals surface area contributed by atoms with Crippen molar-refractivity contribution in [3.05, 3.63) is 77.7 Å². The number of ether oxygens (including phenoxy) is 3. The van der Waals surface area contributed by atoms with Crippen LogP contribution in [-0.2, 0) is 11.3 Å². The maximum atomic E-state index is 12.4. The van der Waals surface area contributed by atoms with Crippen LogP contribution in [0.15, 0.2) is 67.0 Å². The van der Waals surface area contributed by atoms with Gasteiger partial charge in [-0.1, -0.05) is 23.7 Å². The summed E-state index contributed by atoms with van der Waals surface area (Å²) >= 11 is 6.50. The van der Waals surface area contributed by atoms with Crippen LogP contribution in [0.1, 0.15) is 5.69 Å². The molecule has 1 fully saturated rings. The number of methoxy groups -OCH3 is 2. The van der Waals surface area contributed by atoms with Crippen molar-refractivity contribution in [1.29, 1.82) is 0 Å². The fourth-order valence-electron chi connectivity index (χ4n) is 4.39. The number of aromatic nitrogens is 3. The number of carbonyl (C=O) groups excluding carboxylic acids is 1. The topological polar surface area (TPSA) is 135 Å². The zero-order valence-corrected chi connectivity index (χ0v) is 23.9. The Balaban J connectivity index is 1.30. The van der Waals surface area contributed by atoms with Gasteiger partial charge in [-0.15, -0.1) is 0 Å². The predicted molar refractivity (Wildman–Crippen MR) is 163 cm³/mol. The van der Waals surface area contributed by atoms with Crippen LogP contribution in [0.4, 0.5) is 39.3 Å². The Labute approximate surface area is 248 Å². The molecule has 0 bridgehead atoms. The molecule has 5 rings (SSSR count). The minimum Gasteiger partial charge on any atom is -0.495 e. The summed E-state index contributed by atoms with van der Waals surface area (Å²) in [6.45, 7) is 3.03. The molecule has 1 aliphatic heterocycles. The number of morpholine rings is 1. The second-order valence-corrected chi connectivity index (χ2v) is 9.55. The Morgan fingerprint density at radius 2 is 1.81 bits per heavy atom. The summed E-state index contributed by atoms with van der Waals surface area (Å²) in [5.41, 5.74) is 3.59. The van der Waals surface area contributed by atoms with Crippen molar-refractivity contribution in [2.75, 3.05) is 61.4 Å². The van der Waals surface area contributed by atoms with Crippen LogP contribution in [0, 0.1) is 0 Å². The van der Waals surface area contributed by atoms with Gasteiger partial charge in [-0.2, -0.15) is 4.98 Å². The molecule has 2 aromatic carbocycles. The number of halogens is 1. The summed E-state index contributed by atoms with van der Waals surface area (Å²) in [7, 11) is 3.18. The van der Waals surface area contributed by atoms with Crippen LogP contribution < -0.4 is 35.6 Å². The molecule has 3 heterocycles. The molecule has 4 aromatic rings. The highest BCUT2D eigenvalue weighted by atomic mass is 35.5. The Morgan fingerprint density at radius 1 is 0.976 bits per heavy atom. The van der Waals surface area contributed by atoms with E-state index in [9.17, 15) is 4.79 Å². The third-order valence-electron chi connectivity index (χ3n) is 6.41.